The Balaban J connectivity index is 2.18. The fourth-order valence-electron chi connectivity index (χ4n) is 1.40. The fraction of sp³-hybridized carbons (Fsp3) is 0.250. The fourth-order valence-corrected chi connectivity index (χ4v) is 1.83. The molecule has 4 heteroatoms. The lowest BCUT2D eigenvalue weighted by Crippen LogP contribution is -1.93. The van der Waals surface area contributed by atoms with Crippen molar-refractivity contribution in [2.24, 2.45) is 0 Å². The minimum absolute atomic E-state index is 0.571. The normalized spacial score (nSPS) is 12.7. The summed E-state index contributed by atoms with van der Waals surface area (Å²) in [6, 6.07) is 7.92. The monoisotopic (exact) mass is 281 g/mol. The van der Waals surface area contributed by atoms with Gasteiger partial charge in [0.1, 0.15) is 12.0 Å². The highest BCUT2D eigenvalue weighted by atomic mass is 79.9. The number of benzene rings is 1. The van der Waals surface area contributed by atoms with Crippen LogP contribution in [0.25, 0.3) is 0 Å². The van der Waals surface area contributed by atoms with Gasteiger partial charge in [0.05, 0.1) is 12.5 Å². The third-order valence-corrected chi connectivity index (χ3v) is 3.07. The molecule has 84 valence electrons. The van der Waals surface area contributed by atoms with Crippen LogP contribution in [0.4, 0.5) is 0 Å². The van der Waals surface area contributed by atoms with Gasteiger partial charge in [0.25, 0.3) is 0 Å². The van der Waals surface area contributed by atoms with Crippen molar-refractivity contribution < 1.29 is 9.52 Å². The van der Waals surface area contributed by atoms with E-state index >= 15 is 0 Å². The van der Waals surface area contributed by atoms with Crippen molar-refractivity contribution in [2.75, 3.05) is 0 Å². The maximum absolute atomic E-state index is 9.33. The van der Waals surface area contributed by atoms with E-state index in [0.29, 0.717) is 18.0 Å². The number of oxazole rings is 1. The Morgan fingerprint density at radius 3 is 2.81 bits per heavy atom. The smallest absolute Gasteiger partial charge is 0.198 e. The molecule has 1 aromatic heterocycles. The number of aliphatic hydroxyl groups is 1. The van der Waals surface area contributed by atoms with Gasteiger partial charge in [0.15, 0.2) is 5.89 Å². The number of nitrogens with zero attached hydrogens (tertiary/aromatic N) is 1. The van der Waals surface area contributed by atoms with Gasteiger partial charge in [-0.05, 0) is 18.6 Å². The van der Waals surface area contributed by atoms with Crippen LogP contribution in [0.2, 0.25) is 0 Å². The maximum Gasteiger partial charge on any atom is 0.198 e. The van der Waals surface area contributed by atoms with Gasteiger partial charge in [-0.2, -0.15) is 0 Å². The van der Waals surface area contributed by atoms with Gasteiger partial charge < -0.3 is 9.52 Å². The summed E-state index contributed by atoms with van der Waals surface area (Å²) in [4.78, 5) is 4.21. The summed E-state index contributed by atoms with van der Waals surface area (Å²) < 4.78 is 6.33. The van der Waals surface area contributed by atoms with Gasteiger partial charge in [-0.1, -0.05) is 34.1 Å². The van der Waals surface area contributed by atoms with Gasteiger partial charge in [-0.25, -0.2) is 4.98 Å². The highest BCUT2D eigenvalue weighted by molar-refractivity contribution is 9.10. The molecule has 0 aliphatic carbocycles. The largest absolute Gasteiger partial charge is 0.448 e. The molecular weight excluding hydrogens is 270 g/mol. The number of hydrogen-bond acceptors (Lipinski definition) is 3. The van der Waals surface area contributed by atoms with Crippen LogP contribution in [0.1, 0.15) is 30.2 Å². The van der Waals surface area contributed by atoms with E-state index in [0.717, 1.165) is 10.0 Å². The van der Waals surface area contributed by atoms with E-state index in [2.05, 4.69) is 20.9 Å². The molecule has 0 saturated heterocycles. The van der Waals surface area contributed by atoms with Gasteiger partial charge >= 0.3 is 0 Å². The van der Waals surface area contributed by atoms with Crippen LogP contribution in [-0.2, 0) is 6.42 Å². The first-order valence-corrected chi connectivity index (χ1v) is 5.82. The second-order valence-electron chi connectivity index (χ2n) is 3.61. The molecule has 1 atom stereocenters. The van der Waals surface area contributed by atoms with E-state index in [1.54, 1.807) is 6.92 Å². The van der Waals surface area contributed by atoms with E-state index in [1.807, 2.05) is 24.3 Å². The summed E-state index contributed by atoms with van der Waals surface area (Å²) in [7, 11) is 0. The maximum atomic E-state index is 9.33. The van der Waals surface area contributed by atoms with Crippen molar-refractivity contribution in [2.45, 2.75) is 19.4 Å². The van der Waals surface area contributed by atoms with Gasteiger partial charge in [0.2, 0.25) is 0 Å². The third-order valence-electron chi connectivity index (χ3n) is 2.30. The lowest BCUT2D eigenvalue weighted by molar-refractivity contribution is 0.194. The molecule has 16 heavy (non-hydrogen) atoms. The summed E-state index contributed by atoms with van der Waals surface area (Å²) >= 11 is 3.47. The molecule has 1 unspecified atom stereocenters. The van der Waals surface area contributed by atoms with Crippen LogP contribution >= 0.6 is 15.9 Å². The molecular formula is C12H12BrNO2. The Bertz CT molecular complexity index is 479. The zero-order chi connectivity index (χ0) is 11.5. The standard InChI is InChI=1S/C12H12BrNO2/c1-8(15)11-7-16-12(14-11)6-9-4-2-3-5-10(9)13/h2-5,7-8,15H,6H2,1H3. The number of aliphatic hydroxyl groups excluding tert-OH is 1. The minimum Gasteiger partial charge on any atom is -0.448 e. The second kappa shape index (κ2) is 4.80. The Morgan fingerprint density at radius 1 is 1.44 bits per heavy atom. The highest BCUT2D eigenvalue weighted by Gasteiger charge is 2.10. The van der Waals surface area contributed by atoms with Crippen LogP contribution < -0.4 is 0 Å². The molecule has 0 radical (unpaired) electrons. The van der Waals surface area contributed by atoms with Crippen molar-refractivity contribution in [3.8, 4) is 0 Å². The number of aromatic nitrogens is 1. The molecule has 2 aromatic rings. The van der Waals surface area contributed by atoms with Crippen LogP contribution in [-0.4, -0.2) is 10.1 Å². The van der Waals surface area contributed by atoms with Crippen LogP contribution in [0, 0.1) is 0 Å². The summed E-state index contributed by atoms with van der Waals surface area (Å²) in [6.45, 7) is 1.67. The molecule has 0 amide bonds. The summed E-state index contributed by atoms with van der Waals surface area (Å²) in [6.07, 6.45) is 1.53. The van der Waals surface area contributed by atoms with Crippen molar-refractivity contribution in [3.63, 3.8) is 0 Å². The second-order valence-corrected chi connectivity index (χ2v) is 4.46. The van der Waals surface area contributed by atoms with E-state index in [-0.39, 0.29) is 0 Å². The molecule has 1 aromatic carbocycles. The number of hydrogen-bond donors (Lipinski definition) is 1. The molecule has 0 aliphatic rings. The molecule has 1 N–H and O–H groups in total. The Hall–Kier alpha value is -1.13. The predicted octanol–water partition coefficient (Wildman–Crippen LogP) is 3.08. The van der Waals surface area contributed by atoms with Gasteiger partial charge in [-0.15, -0.1) is 0 Å². The van der Waals surface area contributed by atoms with E-state index in [9.17, 15) is 5.11 Å². The Labute approximate surface area is 102 Å². The lowest BCUT2D eigenvalue weighted by Gasteiger charge is -2.00. The van der Waals surface area contributed by atoms with Gasteiger partial charge in [0, 0.05) is 4.47 Å². The van der Waals surface area contributed by atoms with Crippen molar-refractivity contribution in [1.29, 1.82) is 0 Å². The first-order valence-electron chi connectivity index (χ1n) is 5.02. The quantitative estimate of drug-likeness (QED) is 0.941. The molecule has 2 rings (SSSR count). The van der Waals surface area contributed by atoms with Crippen LogP contribution in [0.5, 0.6) is 0 Å². The number of rotatable bonds is 3. The van der Waals surface area contributed by atoms with Crippen molar-refractivity contribution >= 4 is 15.9 Å². The Morgan fingerprint density at radius 2 is 2.19 bits per heavy atom. The average Bonchev–Trinajstić information content (AvgIpc) is 2.70. The van der Waals surface area contributed by atoms with E-state index in [4.69, 9.17) is 4.42 Å². The van der Waals surface area contributed by atoms with E-state index < -0.39 is 6.10 Å². The lowest BCUT2D eigenvalue weighted by atomic mass is 10.1. The highest BCUT2D eigenvalue weighted by Crippen LogP contribution is 2.20. The molecule has 1 heterocycles. The predicted molar refractivity (Wildman–Crippen MR) is 64.1 cm³/mol. The van der Waals surface area contributed by atoms with Crippen LogP contribution in [0.15, 0.2) is 39.4 Å². The summed E-state index contributed by atoms with van der Waals surface area (Å²) in [5.41, 5.74) is 1.68. The first-order chi connectivity index (χ1) is 7.66. The summed E-state index contributed by atoms with van der Waals surface area (Å²) in [5.74, 6) is 0.614. The van der Waals surface area contributed by atoms with Crippen LogP contribution in [0.3, 0.4) is 0 Å². The summed E-state index contributed by atoms with van der Waals surface area (Å²) in [5, 5.41) is 9.33. The SMILES string of the molecule is CC(O)c1coc(Cc2ccccc2Br)n1. The zero-order valence-electron chi connectivity index (χ0n) is 8.85. The first kappa shape index (κ1) is 11.4. The van der Waals surface area contributed by atoms with Gasteiger partial charge in [-0.3, -0.25) is 0 Å². The zero-order valence-corrected chi connectivity index (χ0v) is 10.4. The molecule has 0 saturated carbocycles. The average molecular weight is 282 g/mol. The molecule has 0 spiro atoms. The molecule has 0 bridgehead atoms. The topological polar surface area (TPSA) is 46.3 Å². The van der Waals surface area contributed by atoms with E-state index in [1.165, 1.54) is 6.26 Å². The molecule has 0 aliphatic heterocycles. The van der Waals surface area contributed by atoms with Crippen molar-refractivity contribution in [1.82, 2.24) is 4.98 Å². The minimum atomic E-state index is -0.586. The Kier molecular flexibility index (Phi) is 3.41. The third kappa shape index (κ3) is 2.51. The number of halogens is 1. The molecule has 0 fully saturated rings. The molecule has 3 nitrogen and oxygen atoms in total. The van der Waals surface area contributed by atoms with Crippen molar-refractivity contribution in [3.05, 3.63) is 52.1 Å².